The monoisotopic (exact) mass is 274 g/mol. The van der Waals surface area contributed by atoms with Gasteiger partial charge in [-0.15, -0.1) is 0 Å². The summed E-state index contributed by atoms with van der Waals surface area (Å²) in [6, 6.07) is 0. The molecule has 2 aromatic rings. The molecule has 0 radical (unpaired) electrons. The minimum Gasteiger partial charge on any atom is -0.390 e. The number of nitrogens with one attached hydrogen (secondary N) is 1. The highest BCUT2D eigenvalue weighted by atomic mass is 16.3. The molecule has 2 aromatic heterocycles. The van der Waals surface area contributed by atoms with E-state index in [1.807, 2.05) is 18.7 Å². The highest BCUT2D eigenvalue weighted by Gasteiger charge is 2.29. The Labute approximate surface area is 116 Å². The van der Waals surface area contributed by atoms with Crippen molar-refractivity contribution in [2.75, 3.05) is 18.0 Å². The molecule has 6 nitrogen and oxygen atoms in total. The lowest BCUT2D eigenvalue weighted by atomic mass is 9.93. The molecule has 0 bridgehead atoms. The lowest BCUT2D eigenvalue weighted by molar-refractivity contribution is 0.0351. The highest BCUT2D eigenvalue weighted by molar-refractivity contribution is 5.89. The van der Waals surface area contributed by atoms with Crippen LogP contribution in [0.2, 0.25) is 0 Å². The summed E-state index contributed by atoms with van der Waals surface area (Å²) in [5.41, 5.74) is 0.488. The fourth-order valence-corrected chi connectivity index (χ4v) is 2.60. The van der Waals surface area contributed by atoms with Gasteiger partial charge in [-0.25, -0.2) is 9.97 Å². The predicted molar refractivity (Wildman–Crippen MR) is 77.0 cm³/mol. The van der Waals surface area contributed by atoms with Gasteiger partial charge in [-0.1, -0.05) is 0 Å². The zero-order chi connectivity index (χ0) is 14.3. The summed E-state index contributed by atoms with van der Waals surface area (Å²) in [5, 5.41) is 10.8. The topological polar surface area (TPSA) is 82.1 Å². The Kier molecular flexibility index (Phi) is 2.97. The van der Waals surface area contributed by atoms with E-state index in [1.165, 1.54) is 0 Å². The van der Waals surface area contributed by atoms with E-state index in [0.29, 0.717) is 43.0 Å². The van der Waals surface area contributed by atoms with Crippen LogP contribution in [0.15, 0.2) is 17.2 Å². The van der Waals surface area contributed by atoms with Crippen LogP contribution in [0.4, 0.5) is 5.69 Å². The second-order valence-corrected chi connectivity index (χ2v) is 5.67. The molecule has 1 fully saturated rings. The van der Waals surface area contributed by atoms with Gasteiger partial charge in [-0.2, -0.15) is 0 Å². The Morgan fingerprint density at radius 2 is 2.10 bits per heavy atom. The molecule has 2 N–H and O–H groups in total. The van der Waals surface area contributed by atoms with E-state index >= 15 is 0 Å². The van der Waals surface area contributed by atoms with E-state index in [2.05, 4.69) is 15.0 Å². The average Bonchev–Trinajstić information content (AvgIpc) is 2.39. The van der Waals surface area contributed by atoms with Crippen molar-refractivity contribution in [1.82, 2.24) is 15.0 Å². The molecular formula is C14H18N4O2. The van der Waals surface area contributed by atoms with E-state index in [0.717, 1.165) is 5.39 Å². The van der Waals surface area contributed by atoms with Crippen molar-refractivity contribution in [1.29, 1.82) is 0 Å². The first-order valence-electron chi connectivity index (χ1n) is 6.79. The molecule has 1 saturated heterocycles. The first-order chi connectivity index (χ1) is 9.46. The van der Waals surface area contributed by atoms with E-state index < -0.39 is 5.60 Å². The SMILES string of the molecule is Cc1ncc2c[nH]c(=O)c(N3CCC(C)(O)CC3)c2n1. The number of hydrogen-bond donors (Lipinski definition) is 2. The molecule has 0 unspecified atom stereocenters. The molecule has 3 rings (SSSR count). The summed E-state index contributed by atoms with van der Waals surface area (Å²) in [6.07, 6.45) is 4.65. The number of fused-ring (bicyclic) bond motifs is 1. The van der Waals surface area contributed by atoms with Gasteiger partial charge in [-0.05, 0) is 26.7 Å². The maximum Gasteiger partial charge on any atom is 0.273 e. The second-order valence-electron chi connectivity index (χ2n) is 5.67. The number of pyridine rings is 1. The molecule has 106 valence electrons. The third kappa shape index (κ3) is 2.27. The van der Waals surface area contributed by atoms with Crippen molar-refractivity contribution in [3.63, 3.8) is 0 Å². The van der Waals surface area contributed by atoms with Crippen LogP contribution in [0.3, 0.4) is 0 Å². The molecule has 1 aliphatic rings. The van der Waals surface area contributed by atoms with Crippen LogP contribution in [0.5, 0.6) is 0 Å². The van der Waals surface area contributed by atoms with Crippen LogP contribution in [0.1, 0.15) is 25.6 Å². The molecule has 0 amide bonds. The summed E-state index contributed by atoms with van der Waals surface area (Å²) in [6.45, 7) is 4.95. The third-order valence-corrected chi connectivity index (χ3v) is 3.89. The fraction of sp³-hybridized carbons (Fsp3) is 0.500. The van der Waals surface area contributed by atoms with Gasteiger partial charge in [0.15, 0.2) is 0 Å². The molecule has 20 heavy (non-hydrogen) atoms. The van der Waals surface area contributed by atoms with Crippen LogP contribution in [0.25, 0.3) is 10.9 Å². The minimum absolute atomic E-state index is 0.142. The van der Waals surface area contributed by atoms with Crippen molar-refractivity contribution in [2.45, 2.75) is 32.3 Å². The summed E-state index contributed by atoms with van der Waals surface area (Å²) in [5.74, 6) is 0.647. The van der Waals surface area contributed by atoms with Crippen LogP contribution >= 0.6 is 0 Å². The number of aryl methyl sites for hydroxylation is 1. The number of aliphatic hydroxyl groups is 1. The molecule has 0 aromatic carbocycles. The van der Waals surface area contributed by atoms with Gasteiger partial charge in [0, 0.05) is 30.9 Å². The standard InChI is InChI=1S/C14H18N4O2/c1-9-15-7-10-8-16-13(19)12(11(10)17-9)18-5-3-14(2,20)4-6-18/h7-8,20H,3-6H2,1-2H3,(H,16,19). The molecule has 0 atom stereocenters. The summed E-state index contributed by atoms with van der Waals surface area (Å²) in [4.78, 5) is 25.5. The third-order valence-electron chi connectivity index (χ3n) is 3.89. The van der Waals surface area contributed by atoms with E-state index in [9.17, 15) is 9.90 Å². The maximum atomic E-state index is 12.2. The van der Waals surface area contributed by atoms with Crippen LogP contribution < -0.4 is 10.5 Å². The Morgan fingerprint density at radius 1 is 1.40 bits per heavy atom. The van der Waals surface area contributed by atoms with E-state index in [-0.39, 0.29) is 5.56 Å². The number of rotatable bonds is 1. The first kappa shape index (κ1) is 13.1. The smallest absolute Gasteiger partial charge is 0.273 e. The van der Waals surface area contributed by atoms with Gasteiger partial charge in [0.2, 0.25) is 0 Å². The van der Waals surface area contributed by atoms with Crippen molar-refractivity contribution in [3.05, 3.63) is 28.6 Å². The Morgan fingerprint density at radius 3 is 2.80 bits per heavy atom. The van der Waals surface area contributed by atoms with Crippen LogP contribution in [-0.4, -0.2) is 38.7 Å². The quantitative estimate of drug-likeness (QED) is 0.810. The summed E-state index contributed by atoms with van der Waals surface area (Å²) >= 11 is 0. The molecule has 3 heterocycles. The van der Waals surface area contributed by atoms with Crippen molar-refractivity contribution in [3.8, 4) is 0 Å². The Bertz CT molecular complexity index is 698. The van der Waals surface area contributed by atoms with Gasteiger partial charge < -0.3 is 15.0 Å². The van der Waals surface area contributed by atoms with Gasteiger partial charge in [-0.3, -0.25) is 4.79 Å². The normalized spacial score (nSPS) is 18.4. The summed E-state index contributed by atoms with van der Waals surface area (Å²) < 4.78 is 0. The predicted octanol–water partition coefficient (Wildman–Crippen LogP) is 0.978. The van der Waals surface area contributed by atoms with Crippen LogP contribution in [0, 0.1) is 6.92 Å². The first-order valence-corrected chi connectivity index (χ1v) is 6.79. The number of anilines is 1. The van der Waals surface area contributed by atoms with Gasteiger partial charge in [0.1, 0.15) is 17.0 Å². The van der Waals surface area contributed by atoms with Crippen LogP contribution in [-0.2, 0) is 0 Å². The van der Waals surface area contributed by atoms with Gasteiger partial charge in [0.25, 0.3) is 5.56 Å². The molecule has 6 heteroatoms. The molecular weight excluding hydrogens is 256 g/mol. The Balaban J connectivity index is 2.09. The maximum absolute atomic E-state index is 12.2. The van der Waals surface area contributed by atoms with E-state index in [4.69, 9.17) is 0 Å². The number of H-pyrrole nitrogens is 1. The summed E-state index contributed by atoms with van der Waals surface area (Å²) in [7, 11) is 0. The number of nitrogens with zero attached hydrogens (tertiary/aromatic N) is 3. The zero-order valence-corrected chi connectivity index (χ0v) is 11.7. The second kappa shape index (κ2) is 4.56. The minimum atomic E-state index is -0.640. The zero-order valence-electron chi connectivity index (χ0n) is 11.7. The number of aromatic nitrogens is 3. The molecule has 0 aliphatic carbocycles. The van der Waals surface area contributed by atoms with E-state index in [1.54, 1.807) is 12.4 Å². The Hall–Kier alpha value is -1.95. The molecule has 0 spiro atoms. The molecule has 0 saturated carbocycles. The molecule has 1 aliphatic heterocycles. The highest BCUT2D eigenvalue weighted by Crippen LogP contribution is 2.27. The number of aromatic amines is 1. The van der Waals surface area contributed by atoms with Gasteiger partial charge in [0.05, 0.1) is 5.60 Å². The number of hydrogen-bond acceptors (Lipinski definition) is 5. The lowest BCUT2D eigenvalue weighted by Gasteiger charge is -2.36. The average molecular weight is 274 g/mol. The van der Waals surface area contributed by atoms with Crippen molar-refractivity contribution >= 4 is 16.6 Å². The fourth-order valence-electron chi connectivity index (χ4n) is 2.60. The lowest BCUT2D eigenvalue weighted by Crippen LogP contribution is -2.44. The number of piperidine rings is 1. The van der Waals surface area contributed by atoms with Crippen molar-refractivity contribution in [2.24, 2.45) is 0 Å². The van der Waals surface area contributed by atoms with Crippen molar-refractivity contribution < 1.29 is 5.11 Å². The largest absolute Gasteiger partial charge is 0.390 e. The van der Waals surface area contributed by atoms with Gasteiger partial charge >= 0.3 is 0 Å².